The van der Waals surface area contributed by atoms with E-state index in [-0.39, 0.29) is 13.0 Å². The molecule has 4 N–H and O–H groups in total. The second-order valence-electron chi connectivity index (χ2n) is 15.9. The highest BCUT2D eigenvalue weighted by Gasteiger charge is 2.27. The quantitative estimate of drug-likeness (QED) is 0.0308. The van der Waals surface area contributed by atoms with Gasteiger partial charge < -0.3 is 25.2 Å². The third-order valence-corrected chi connectivity index (χ3v) is 11.3. The molecule has 0 amide bonds. The van der Waals surface area contributed by atoms with Crippen LogP contribution >= 0.6 is 7.82 Å². The summed E-state index contributed by atoms with van der Waals surface area (Å²) >= 11 is 0. The SMILES string of the molecule is CCCCCCCCCCCCCCCCCCCCC(=O)OC(COCCCCCCCCCCCCCCCCC)COP(=O)(O)OCC(N)C(=O)O. The first-order valence-electron chi connectivity index (χ1n) is 23.1. The van der Waals surface area contributed by atoms with Crippen LogP contribution in [0.25, 0.3) is 0 Å². The standard InChI is InChI=1S/C44H88NO9P/c1-3-5-7-9-11-13-15-17-19-20-21-22-24-26-28-30-32-34-36-43(46)54-41(39-52-55(49,50)53-40-42(45)44(47)48)38-51-37-35-33-31-29-27-25-23-18-16-14-12-10-8-6-4-2/h41-42H,3-40,45H2,1-2H3,(H,47,48)(H,49,50). The molecule has 0 saturated carbocycles. The molecule has 0 saturated heterocycles. The summed E-state index contributed by atoms with van der Waals surface area (Å²) in [6, 6.07) is -1.47. The molecular formula is C44H88NO9P. The Labute approximate surface area is 338 Å². The summed E-state index contributed by atoms with van der Waals surface area (Å²) in [5.74, 6) is -1.76. The fourth-order valence-electron chi connectivity index (χ4n) is 6.78. The maximum absolute atomic E-state index is 12.6. The first kappa shape index (κ1) is 54.0. The number of rotatable bonds is 45. The molecule has 10 nitrogen and oxygen atoms in total. The molecule has 328 valence electrons. The van der Waals surface area contributed by atoms with Gasteiger partial charge in [-0.3, -0.25) is 18.6 Å². The lowest BCUT2D eigenvalue weighted by Gasteiger charge is -2.20. The number of hydrogen-bond donors (Lipinski definition) is 3. The van der Waals surface area contributed by atoms with E-state index in [1.54, 1.807) is 0 Å². The summed E-state index contributed by atoms with van der Waals surface area (Å²) in [4.78, 5) is 33.6. The van der Waals surface area contributed by atoms with E-state index in [1.165, 1.54) is 173 Å². The van der Waals surface area contributed by atoms with Gasteiger partial charge in [0.15, 0.2) is 0 Å². The van der Waals surface area contributed by atoms with E-state index in [0.29, 0.717) is 6.61 Å². The minimum absolute atomic E-state index is 0.0259. The Bertz CT molecular complexity index is 893. The first-order chi connectivity index (χ1) is 26.7. The van der Waals surface area contributed by atoms with E-state index in [4.69, 9.17) is 29.4 Å². The van der Waals surface area contributed by atoms with Crippen molar-refractivity contribution in [1.29, 1.82) is 0 Å². The summed E-state index contributed by atoms with van der Waals surface area (Å²) in [5.41, 5.74) is 5.36. The van der Waals surface area contributed by atoms with Crippen molar-refractivity contribution < 1.29 is 42.7 Å². The molecule has 0 bridgehead atoms. The largest absolute Gasteiger partial charge is 0.480 e. The van der Waals surface area contributed by atoms with Crippen LogP contribution in [0.3, 0.4) is 0 Å². The molecule has 55 heavy (non-hydrogen) atoms. The molecule has 0 aliphatic heterocycles. The van der Waals surface area contributed by atoms with Crippen molar-refractivity contribution in [3.05, 3.63) is 0 Å². The summed E-state index contributed by atoms with van der Waals surface area (Å²) in [6.07, 6.45) is 41.5. The van der Waals surface area contributed by atoms with Crippen LogP contribution in [0.4, 0.5) is 0 Å². The monoisotopic (exact) mass is 806 g/mol. The normalized spacial score (nSPS) is 13.8. The van der Waals surface area contributed by atoms with Crippen LogP contribution in [-0.2, 0) is 32.7 Å². The molecule has 0 fully saturated rings. The molecule has 11 heteroatoms. The van der Waals surface area contributed by atoms with Gasteiger partial charge in [0.25, 0.3) is 0 Å². The maximum Gasteiger partial charge on any atom is 0.472 e. The van der Waals surface area contributed by atoms with Crippen LogP contribution in [0.5, 0.6) is 0 Å². The number of carbonyl (C=O) groups excluding carboxylic acids is 1. The molecule has 0 aliphatic rings. The number of esters is 1. The molecule has 0 aliphatic carbocycles. The van der Waals surface area contributed by atoms with Gasteiger partial charge in [-0.15, -0.1) is 0 Å². The highest BCUT2D eigenvalue weighted by Crippen LogP contribution is 2.43. The Morgan fingerprint density at radius 1 is 0.509 bits per heavy atom. The Morgan fingerprint density at radius 3 is 1.20 bits per heavy atom. The van der Waals surface area contributed by atoms with Crippen LogP contribution < -0.4 is 5.73 Å². The van der Waals surface area contributed by atoms with Crippen molar-refractivity contribution in [3.63, 3.8) is 0 Å². The third kappa shape index (κ3) is 40.9. The average molecular weight is 806 g/mol. The molecule has 0 rings (SSSR count). The minimum Gasteiger partial charge on any atom is -0.480 e. The number of hydrogen-bond acceptors (Lipinski definition) is 8. The summed E-state index contributed by atoms with van der Waals surface area (Å²) in [6.45, 7) is 3.94. The summed E-state index contributed by atoms with van der Waals surface area (Å²) in [5, 5.41) is 8.90. The summed E-state index contributed by atoms with van der Waals surface area (Å²) in [7, 11) is -4.61. The van der Waals surface area contributed by atoms with Crippen molar-refractivity contribution in [3.8, 4) is 0 Å². The van der Waals surface area contributed by atoms with E-state index in [1.807, 2.05) is 0 Å². The highest BCUT2D eigenvalue weighted by atomic mass is 31.2. The zero-order chi connectivity index (χ0) is 40.5. The smallest absolute Gasteiger partial charge is 0.472 e. The Morgan fingerprint density at radius 2 is 0.836 bits per heavy atom. The molecule has 0 aromatic rings. The maximum atomic E-state index is 12.6. The molecule has 0 radical (unpaired) electrons. The Hall–Kier alpha value is -1.03. The number of carboxylic acids is 1. The number of aliphatic carboxylic acids is 1. The van der Waals surface area contributed by atoms with E-state index < -0.39 is 45.1 Å². The number of phosphoric ester groups is 1. The van der Waals surface area contributed by atoms with Crippen molar-refractivity contribution in [2.45, 2.75) is 244 Å². The average Bonchev–Trinajstić information content (AvgIpc) is 3.16. The van der Waals surface area contributed by atoms with Crippen LogP contribution in [0, 0.1) is 0 Å². The Balaban J connectivity index is 4.15. The zero-order valence-corrected chi connectivity index (χ0v) is 36.7. The first-order valence-corrected chi connectivity index (χ1v) is 24.6. The molecular weight excluding hydrogens is 717 g/mol. The summed E-state index contributed by atoms with van der Waals surface area (Å²) < 4.78 is 33.4. The second kappa shape index (κ2) is 41.1. The lowest BCUT2D eigenvalue weighted by molar-refractivity contribution is -0.154. The van der Waals surface area contributed by atoms with Crippen molar-refractivity contribution in [1.82, 2.24) is 0 Å². The van der Waals surface area contributed by atoms with Crippen molar-refractivity contribution in [2.24, 2.45) is 5.73 Å². The number of carboxylic acid groups (broad SMARTS) is 1. The van der Waals surface area contributed by atoms with Crippen LogP contribution in [0.2, 0.25) is 0 Å². The number of nitrogens with two attached hydrogens (primary N) is 1. The number of ether oxygens (including phenoxy) is 2. The molecule has 0 aromatic carbocycles. The van der Waals surface area contributed by atoms with Gasteiger partial charge in [0.1, 0.15) is 12.1 Å². The van der Waals surface area contributed by atoms with Crippen LogP contribution in [-0.4, -0.2) is 60.5 Å². The van der Waals surface area contributed by atoms with Gasteiger partial charge in [0.2, 0.25) is 0 Å². The van der Waals surface area contributed by atoms with Crippen LogP contribution in [0.1, 0.15) is 232 Å². The molecule has 3 atom stereocenters. The van der Waals surface area contributed by atoms with Crippen molar-refractivity contribution in [2.75, 3.05) is 26.4 Å². The van der Waals surface area contributed by atoms with Gasteiger partial charge >= 0.3 is 19.8 Å². The minimum atomic E-state index is -4.61. The van der Waals surface area contributed by atoms with Gasteiger partial charge in [-0.2, -0.15) is 0 Å². The van der Waals surface area contributed by atoms with E-state index in [9.17, 15) is 19.0 Å². The van der Waals surface area contributed by atoms with Gasteiger partial charge in [-0.1, -0.05) is 213 Å². The van der Waals surface area contributed by atoms with Gasteiger partial charge in [0.05, 0.1) is 19.8 Å². The second-order valence-corrected chi connectivity index (χ2v) is 17.4. The molecule has 0 aromatic heterocycles. The predicted octanol–water partition coefficient (Wildman–Crippen LogP) is 12.8. The zero-order valence-electron chi connectivity index (χ0n) is 35.8. The van der Waals surface area contributed by atoms with Crippen LogP contribution in [0.15, 0.2) is 0 Å². The third-order valence-electron chi connectivity index (χ3n) is 10.4. The fourth-order valence-corrected chi connectivity index (χ4v) is 7.56. The van der Waals surface area contributed by atoms with E-state index in [2.05, 4.69) is 13.8 Å². The van der Waals surface area contributed by atoms with Gasteiger partial charge in [0, 0.05) is 13.0 Å². The van der Waals surface area contributed by atoms with Gasteiger partial charge in [-0.05, 0) is 12.8 Å². The lowest BCUT2D eigenvalue weighted by Crippen LogP contribution is -2.34. The Kier molecular flexibility index (Phi) is 40.4. The number of phosphoric acid groups is 1. The van der Waals surface area contributed by atoms with E-state index in [0.717, 1.165) is 38.5 Å². The number of carbonyl (C=O) groups is 2. The van der Waals surface area contributed by atoms with E-state index >= 15 is 0 Å². The highest BCUT2D eigenvalue weighted by molar-refractivity contribution is 7.47. The van der Waals surface area contributed by atoms with Crippen molar-refractivity contribution >= 4 is 19.8 Å². The molecule has 0 heterocycles. The number of unbranched alkanes of at least 4 members (excludes halogenated alkanes) is 31. The van der Waals surface area contributed by atoms with Gasteiger partial charge in [-0.25, -0.2) is 4.57 Å². The predicted molar refractivity (Wildman–Crippen MR) is 226 cm³/mol. The fraction of sp³-hybridized carbons (Fsp3) is 0.955. The molecule has 0 spiro atoms. The molecule has 3 unspecified atom stereocenters. The topological polar surface area (TPSA) is 155 Å². The lowest BCUT2D eigenvalue weighted by atomic mass is 10.0.